The quantitative estimate of drug-likeness (QED) is 0.320. The lowest BCUT2D eigenvalue weighted by Gasteiger charge is -2.02. The van der Waals surface area contributed by atoms with Gasteiger partial charge in [-0.15, -0.1) is 0 Å². The monoisotopic (exact) mass is 332 g/mol. The molecule has 0 aliphatic rings. The number of hydrogen-bond donors (Lipinski definition) is 1. The second-order valence-corrected chi connectivity index (χ2v) is 5.85. The van der Waals surface area contributed by atoms with E-state index in [0.717, 1.165) is 19.3 Å². The predicted octanol–water partition coefficient (Wildman–Crippen LogP) is 5.86. The normalized spacial score (nSPS) is 9.91. The summed E-state index contributed by atoms with van der Waals surface area (Å²) in [6, 6.07) is 0. The van der Waals surface area contributed by atoms with E-state index >= 15 is 0 Å². The van der Waals surface area contributed by atoms with E-state index in [0.29, 0.717) is 19.8 Å². The lowest BCUT2D eigenvalue weighted by atomic mass is 10.1. The molecule has 4 heteroatoms. The molecular weight excluding hydrogens is 292 g/mol. The third-order valence-corrected chi connectivity index (χ3v) is 3.36. The van der Waals surface area contributed by atoms with Crippen LogP contribution in [0.2, 0.25) is 0 Å². The van der Waals surface area contributed by atoms with E-state index in [4.69, 9.17) is 5.11 Å². The van der Waals surface area contributed by atoms with Crippen molar-refractivity contribution in [3.05, 3.63) is 0 Å². The van der Waals surface area contributed by atoms with Crippen LogP contribution >= 0.6 is 0 Å². The number of ether oxygens (including phenoxy) is 2. The molecule has 1 N–H and O–H groups in total. The van der Waals surface area contributed by atoms with Crippen LogP contribution in [0, 0.1) is 0 Å². The summed E-state index contributed by atoms with van der Waals surface area (Å²) in [5.41, 5.74) is 0. The molecule has 0 aromatic heterocycles. The molecule has 0 aliphatic carbocycles. The molecule has 0 saturated heterocycles. The predicted molar refractivity (Wildman–Crippen MR) is 96.8 cm³/mol. The highest BCUT2D eigenvalue weighted by atomic mass is 16.7. The Labute approximate surface area is 143 Å². The van der Waals surface area contributed by atoms with Crippen molar-refractivity contribution < 1.29 is 19.4 Å². The molecule has 0 radical (unpaired) electrons. The number of hydrogen-bond acceptors (Lipinski definition) is 4. The van der Waals surface area contributed by atoms with Gasteiger partial charge >= 0.3 is 6.16 Å². The van der Waals surface area contributed by atoms with Gasteiger partial charge in [-0.3, -0.25) is 0 Å². The van der Waals surface area contributed by atoms with E-state index in [9.17, 15) is 4.79 Å². The number of carbonyl (C=O) groups is 1. The first-order valence-electron chi connectivity index (χ1n) is 9.63. The van der Waals surface area contributed by atoms with Crippen molar-refractivity contribution in [1.29, 1.82) is 0 Å². The van der Waals surface area contributed by atoms with Crippen molar-refractivity contribution in [2.75, 3.05) is 19.8 Å². The fraction of sp³-hybridized carbons (Fsp3) is 0.947. The maximum Gasteiger partial charge on any atom is 0.508 e. The summed E-state index contributed by atoms with van der Waals surface area (Å²) in [6.07, 6.45) is 14.4. The molecule has 0 aromatic carbocycles. The van der Waals surface area contributed by atoms with E-state index in [1.165, 1.54) is 57.8 Å². The van der Waals surface area contributed by atoms with Crippen LogP contribution in [0.25, 0.3) is 0 Å². The Morgan fingerprint density at radius 1 is 0.652 bits per heavy atom. The van der Waals surface area contributed by atoms with Gasteiger partial charge in [-0.1, -0.05) is 78.6 Å². The van der Waals surface area contributed by atoms with Gasteiger partial charge in [-0.05, 0) is 19.3 Å². The Morgan fingerprint density at radius 3 is 1.39 bits per heavy atom. The molecule has 0 aromatic rings. The average Bonchev–Trinajstić information content (AvgIpc) is 2.57. The summed E-state index contributed by atoms with van der Waals surface area (Å²) in [5, 5.41) is 8.57. The van der Waals surface area contributed by atoms with Crippen molar-refractivity contribution in [2.24, 2.45) is 0 Å². The van der Waals surface area contributed by atoms with Crippen LogP contribution < -0.4 is 0 Å². The highest BCUT2D eigenvalue weighted by Gasteiger charge is 1.99. The Morgan fingerprint density at radius 2 is 1.04 bits per heavy atom. The van der Waals surface area contributed by atoms with Gasteiger partial charge in [-0.25, -0.2) is 4.79 Å². The summed E-state index contributed by atoms with van der Waals surface area (Å²) in [4.78, 5) is 10.5. The minimum Gasteiger partial charge on any atom is -0.434 e. The zero-order valence-corrected chi connectivity index (χ0v) is 15.8. The fourth-order valence-corrected chi connectivity index (χ4v) is 2.01. The molecule has 0 heterocycles. The number of aliphatic hydroxyl groups excluding tert-OH is 1. The largest absolute Gasteiger partial charge is 0.508 e. The van der Waals surface area contributed by atoms with Gasteiger partial charge in [0.1, 0.15) is 0 Å². The summed E-state index contributed by atoms with van der Waals surface area (Å²) in [5.74, 6) is 0. The lowest BCUT2D eigenvalue weighted by Crippen LogP contribution is -2.08. The van der Waals surface area contributed by atoms with Crippen LogP contribution in [-0.4, -0.2) is 31.1 Å². The van der Waals surface area contributed by atoms with Crippen molar-refractivity contribution in [3.8, 4) is 0 Å². The first-order valence-corrected chi connectivity index (χ1v) is 9.63. The number of aliphatic hydroxyl groups is 1. The first kappa shape index (κ1) is 24.5. The van der Waals surface area contributed by atoms with E-state index in [1.54, 1.807) is 0 Å². The lowest BCUT2D eigenvalue weighted by molar-refractivity contribution is 0.0555. The molecule has 23 heavy (non-hydrogen) atoms. The van der Waals surface area contributed by atoms with Gasteiger partial charge < -0.3 is 14.6 Å². The van der Waals surface area contributed by atoms with Crippen molar-refractivity contribution in [3.63, 3.8) is 0 Å². The SMILES string of the molecule is CCCCCCCCCCCCO.CCCOC(=O)OCCC. The molecule has 0 aliphatic heterocycles. The summed E-state index contributed by atoms with van der Waals surface area (Å²) >= 11 is 0. The van der Waals surface area contributed by atoms with E-state index in [-0.39, 0.29) is 0 Å². The van der Waals surface area contributed by atoms with Gasteiger partial charge in [0.25, 0.3) is 0 Å². The Hall–Kier alpha value is -0.770. The molecule has 0 spiro atoms. The molecule has 0 atom stereocenters. The van der Waals surface area contributed by atoms with Crippen molar-refractivity contribution >= 4 is 6.16 Å². The minimum absolute atomic E-state index is 0.372. The van der Waals surface area contributed by atoms with E-state index < -0.39 is 6.16 Å². The number of carbonyl (C=O) groups excluding carboxylic acids is 1. The van der Waals surface area contributed by atoms with E-state index in [1.807, 2.05) is 13.8 Å². The van der Waals surface area contributed by atoms with Gasteiger partial charge in [0.2, 0.25) is 0 Å². The zero-order valence-electron chi connectivity index (χ0n) is 15.8. The van der Waals surface area contributed by atoms with Gasteiger partial charge in [0, 0.05) is 6.61 Å². The first-order chi connectivity index (χ1) is 11.2. The zero-order chi connectivity index (χ0) is 17.6. The molecule has 0 rings (SSSR count). The van der Waals surface area contributed by atoms with Gasteiger partial charge in [0.05, 0.1) is 13.2 Å². The third-order valence-electron chi connectivity index (χ3n) is 3.36. The molecule has 0 saturated carbocycles. The van der Waals surface area contributed by atoms with Gasteiger partial charge in [-0.2, -0.15) is 0 Å². The standard InChI is InChI=1S/C12H26O.C7H14O3/c1-2-3-4-5-6-7-8-9-10-11-12-13;1-3-5-9-7(8)10-6-4-2/h13H,2-12H2,1H3;3-6H2,1-2H3. The maximum absolute atomic E-state index is 10.5. The Balaban J connectivity index is 0. The molecular formula is C19H40O4. The topological polar surface area (TPSA) is 55.8 Å². The van der Waals surface area contributed by atoms with Crippen LogP contribution in [0.15, 0.2) is 0 Å². The van der Waals surface area contributed by atoms with E-state index in [2.05, 4.69) is 16.4 Å². The Bertz CT molecular complexity index is 199. The second-order valence-electron chi connectivity index (χ2n) is 5.85. The van der Waals surface area contributed by atoms with Gasteiger partial charge in [0.15, 0.2) is 0 Å². The summed E-state index contributed by atoms with van der Waals surface area (Å²) in [6.45, 7) is 7.40. The molecule has 0 unspecified atom stereocenters. The van der Waals surface area contributed by atoms with Crippen LogP contribution in [0.5, 0.6) is 0 Å². The fourth-order valence-electron chi connectivity index (χ4n) is 2.01. The summed E-state index contributed by atoms with van der Waals surface area (Å²) in [7, 11) is 0. The Kier molecular flexibility index (Phi) is 25.0. The third kappa shape index (κ3) is 26.4. The van der Waals surface area contributed by atoms with Crippen molar-refractivity contribution in [2.45, 2.75) is 97.8 Å². The maximum atomic E-state index is 10.5. The second kappa shape index (κ2) is 23.5. The van der Waals surface area contributed by atoms with Crippen LogP contribution in [0.3, 0.4) is 0 Å². The smallest absolute Gasteiger partial charge is 0.434 e. The van der Waals surface area contributed by atoms with Crippen LogP contribution in [0.1, 0.15) is 97.8 Å². The van der Waals surface area contributed by atoms with Crippen LogP contribution in [-0.2, 0) is 9.47 Å². The van der Waals surface area contributed by atoms with Crippen molar-refractivity contribution in [1.82, 2.24) is 0 Å². The highest BCUT2D eigenvalue weighted by molar-refractivity contribution is 5.59. The number of rotatable bonds is 14. The average molecular weight is 333 g/mol. The molecule has 0 amide bonds. The summed E-state index contributed by atoms with van der Waals surface area (Å²) < 4.78 is 9.26. The minimum atomic E-state index is -0.552. The van der Waals surface area contributed by atoms with Crippen LogP contribution in [0.4, 0.5) is 4.79 Å². The molecule has 0 bridgehead atoms. The molecule has 140 valence electrons. The molecule has 0 fully saturated rings. The number of unbranched alkanes of at least 4 members (excludes halogenated alkanes) is 9. The molecule has 4 nitrogen and oxygen atoms in total. The highest BCUT2D eigenvalue weighted by Crippen LogP contribution is 2.09.